The number of benzene rings is 1. The molecule has 0 radical (unpaired) electrons. The number of carboxylic acid groups (broad SMARTS) is 1. The number of H-pyrrole nitrogens is 1. The number of methoxy groups -OCH3 is 1. The number of carboxylic acids is 1. The van der Waals surface area contributed by atoms with Gasteiger partial charge in [0.1, 0.15) is 16.2 Å². The Hall–Kier alpha value is -1.82. The molecule has 0 aliphatic carbocycles. The average molecular weight is 325 g/mol. The summed E-state index contributed by atoms with van der Waals surface area (Å²) in [6.07, 6.45) is 1.58. The third kappa shape index (κ3) is 3.35. The first-order valence-electron chi connectivity index (χ1n) is 5.66. The third-order valence-electron chi connectivity index (χ3n) is 2.77. The van der Waals surface area contributed by atoms with Crippen LogP contribution in [-0.4, -0.2) is 28.2 Å². The first-order chi connectivity index (χ1) is 9.10. The molecular weight excluding hydrogens is 312 g/mol. The molecule has 0 amide bonds. The predicted octanol–water partition coefficient (Wildman–Crippen LogP) is 2.79. The molecule has 1 aromatic carbocycles. The quantitative estimate of drug-likeness (QED) is 0.886. The monoisotopic (exact) mass is 324 g/mol. The van der Waals surface area contributed by atoms with Crippen molar-refractivity contribution in [2.24, 2.45) is 0 Å². The maximum atomic E-state index is 11.0. The summed E-state index contributed by atoms with van der Waals surface area (Å²) in [4.78, 5) is 18.2. The van der Waals surface area contributed by atoms with Gasteiger partial charge in [-0.3, -0.25) is 4.79 Å². The Morgan fingerprint density at radius 2 is 2.37 bits per heavy atom. The molecular formula is C13H13BrN2O3. The Morgan fingerprint density at radius 1 is 1.58 bits per heavy atom. The van der Waals surface area contributed by atoms with E-state index in [1.165, 1.54) is 0 Å². The summed E-state index contributed by atoms with van der Waals surface area (Å²) in [6.45, 7) is 0. The lowest BCUT2D eigenvalue weighted by Gasteiger charge is -2.13. The van der Waals surface area contributed by atoms with Gasteiger partial charge in [0.25, 0.3) is 0 Å². The zero-order valence-electron chi connectivity index (χ0n) is 10.3. The molecule has 1 atom stereocenters. The summed E-state index contributed by atoms with van der Waals surface area (Å²) in [5.41, 5.74) is 0.851. The standard InChI is InChI=1S/C13H13BrN2O3/c1-19-9-4-2-3-8(5-9)10(6-12(17)18)13-15-7-11(14)16-13/h2-5,7,10H,6H2,1H3,(H,15,16)(H,17,18). The first-order valence-corrected chi connectivity index (χ1v) is 6.45. The number of aliphatic carboxylic acids is 1. The second kappa shape index (κ2) is 5.88. The van der Waals surface area contributed by atoms with Crippen molar-refractivity contribution in [2.45, 2.75) is 12.3 Å². The second-order valence-corrected chi connectivity index (χ2v) is 4.90. The number of nitrogens with one attached hydrogen (secondary N) is 1. The number of aromatic amines is 1. The molecule has 2 aromatic rings. The van der Waals surface area contributed by atoms with Gasteiger partial charge >= 0.3 is 5.97 Å². The molecule has 19 heavy (non-hydrogen) atoms. The number of hydrogen-bond acceptors (Lipinski definition) is 3. The summed E-state index contributed by atoms with van der Waals surface area (Å²) in [5.74, 6) is 0.0975. The molecule has 2 N–H and O–H groups in total. The van der Waals surface area contributed by atoms with Gasteiger partial charge in [-0.15, -0.1) is 0 Å². The van der Waals surface area contributed by atoms with Crippen LogP contribution in [0.2, 0.25) is 0 Å². The van der Waals surface area contributed by atoms with E-state index in [9.17, 15) is 4.79 Å². The molecule has 5 nitrogen and oxygen atoms in total. The van der Waals surface area contributed by atoms with E-state index in [2.05, 4.69) is 25.9 Å². The number of imidazole rings is 1. The highest BCUT2D eigenvalue weighted by Crippen LogP contribution is 2.29. The van der Waals surface area contributed by atoms with Crippen LogP contribution in [0.3, 0.4) is 0 Å². The maximum Gasteiger partial charge on any atom is 0.304 e. The Bertz CT molecular complexity index is 583. The van der Waals surface area contributed by atoms with E-state index in [0.717, 1.165) is 10.2 Å². The minimum atomic E-state index is -0.875. The topological polar surface area (TPSA) is 75.2 Å². The molecule has 1 heterocycles. The van der Waals surface area contributed by atoms with Gasteiger partial charge < -0.3 is 14.8 Å². The van der Waals surface area contributed by atoms with Crippen LogP contribution in [0.4, 0.5) is 0 Å². The zero-order chi connectivity index (χ0) is 13.8. The van der Waals surface area contributed by atoms with Crippen LogP contribution in [-0.2, 0) is 4.79 Å². The summed E-state index contributed by atoms with van der Waals surface area (Å²) < 4.78 is 5.89. The van der Waals surface area contributed by atoms with Crippen LogP contribution in [0.1, 0.15) is 23.7 Å². The molecule has 0 saturated heterocycles. The number of halogens is 1. The van der Waals surface area contributed by atoms with Crippen LogP contribution >= 0.6 is 15.9 Å². The lowest BCUT2D eigenvalue weighted by molar-refractivity contribution is -0.137. The lowest BCUT2D eigenvalue weighted by atomic mass is 9.95. The highest BCUT2D eigenvalue weighted by molar-refractivity contribution is 9.10. The molecule has 1 unspecified atom stereocenters. The van der Waals surface area contributed by atoms with Crippen LogP contribution in [0.15, 0.2) is 35.1 Å². The Kier molecular flexibility index (Phi) is 4.21. The van der Waals surface area contributed by atoms with Crippen molar-refractivity contribution in [3.8, 4) is 5.75 Å². The minimum Gasteiger partial charge on any atom is -0.497 e. The fourth-order valence-corrected chi connectivity index (χ4v) is 2.20. The smallest absolute Gasteiger partial charge is 0.304 e. The van der Waals surface area contributed by atoms with E-state index in [-0.39, 0.29) is 12.3 Å². The number of rotatable bonds is 5. The average Bonchev–Trinajstić information content (AvgIpc) is 2.82. The van der Waals surface area contributed by atoms with Gasteiger partial charge in [0.2, 0.25) is 0 Å². The third-order valence-corrected chi connectivity index (χ3v) is 3.17. The summed E-state index contributed by atoms with van der Waals surface area (Å²) >= 11 is 3.28. The molecule has 2 rings (SSSR count). The van der Waals surface area contributed by atoms with Crippen molar-refractivity contribution in [1.82, 2.24) is 9.97 Å². The highest BCUT2D eigenvalue weighted by Gasteiger charge is 2.21. The van der Waals surface area contributed by atoms with E-state index in [1.807, 2.05) is 24.3 Å². The number of nitrogens with zero attached hydrogens (tertiary/aromatic N) is 1. The van der Waals surface area contributed by atoms with E-state index in [4.69, 9.17) is 9.84 Å². The van der Waals surface area contributed by atoms with Crippen molar-refractivity contribution < 1.29 is 14.6 Å². The molecule has 0 aliphatic rings. The molecule has 100 valence electrons. The summed E-state index contributed by atoms with van der Waals surface area (Å²) in [6, 6.07) is 7.34. The van der Waals surface area contributed by atoms with Crippen LogP contribution < -0.4 is 4.74 Å². The first kappa shape index (κ1) is 13.6. The Labute approximate surface area is 118 Å². The van der Waals surface area contributed by atoms with Crippen molar-refractivity contribution in [1.29, 1.82) is 0 Å². The van der Waals surface area contributed by atoms with E-state index < -0.39 is 5.97 Å². The molecule has 1 aromatic heterocycles. The summed E-state index contributed by atoms with van der Waals surface area (Å²) in [5, 5.41) is 9.06. The van der Waals surface area contributed by atoms with Crippen molar-refractivity contribution in [3.05, 3.63) is 46.5 Å². The minimum absolute atomic E-state index is 0.0346. The van der Waals surface area contributed by atoms with Gasteiger partial charge in [-0.2, -0.15) is 0 Å². The SMILES string of the molecule is COc1cccc(C(CC(=O)O)c2ncc(Br)[nH]2)c1. The van der Waals surface area contributed by atoms with Gasteiger partial charge in [-0.05, 0) is 33.6 Å². The van der Waals surface area contributed by atoms with E-state index in [1.54, 1.807) is 13.3 Å². The molecule has 0 fully saturated rings. The Morgan fingerprint density at radius 3 is 2.95 bits per heavy atom. The van der Waals surface area contributed by atoms with Gasteiger partial charge in [-0.25, -0.2) is 4.98 Å². The van der Waals surface area contributed by atoms with Gasteiger partial charge in [0.05, 0.1) is 25.6 Å². The zero-order valence-corrected chi connectivity index (χ0v) is 11.8. The maximum absolute atomic E-state index is 11.0. The molecule has 6 heteroatoms. The molecule has 0 saturated carbocycles. The van der Waals surface area contributed by atoms with Crippen LogP contribution in [0.25, 0.3) is 0 Å². The molecule has 0 spiro atoms. The highest BCUT2D eigenvalue weighted by atomic mass is 79.9. The fraction of sp³-hybridized carbons (Fsp3) is 0.231. The van der Waals surface area contributed by atoms with E-state index >= 15 is 0 Å². The largest absolute Gasteiger partial charge is 0.497 e. The number of carbonyl (C=O) groups is 1. The normalized spacial score (nSPS) is 12.1. The molecule has 0 aliphatic heterocycles. The van der Waals surface area contributed by atoms with Crippen molar-refractivity contribution in [3.63, 3.8) is 0 Å². The Balaban J connectivity index is 2.39. The van der Waals surface area contributed by atoms with Gasteiger partial charge in [0.15, 0.2) is 0 Å². The number of aromatic nitrogens is 2. The van der Waals surface area contributed by atoms with Gasteiger partial charge in [-0.1, -0.05) is 12.1 Å². The van der Waals surface area contributed by atoms with Crippen molar-refractivity contribution >= 4 is 21.9 Å². The fourth-order valence-electron chi connectivity index (χ4n) is 1.90. The number of hydrogen-bond donors (Lipinski definition) is 2. The van der Waals surface area contributed by atoms with Crippen LogP contribution in [0, 0.1) is 0 Å². The molecule has 0 bridgehead atoms. The summed E-state index contributed by atoms with van der Waals surface area (Å²) in [7, 11) is 1.58. The van der Waals surface area contributed by atoms with Crippen LogP contribution in [0.5, 0.6) is 5.75 Å². The predicted molar refractivity (Wildman–Crippen MR) is 73.4 cm³/mol. The van der Waals surface area contributed by atoms with E-state index in [0.29, 0.717) is 11.6 Å². The van der Waals surface area contributed by atoms with Crippen molar-refractivity contribution in [2.75, 3.05) is 7.11 Å². The lowest BCUT2D eigenvalue weighted by Crippen LogP contribution is -2.09. The number of ether oxygens (including phenoxy) is 1. The second-order valence-electron chi connectivity index (χ2n) is 4.04. The van der Waals surface area contributed by atoms with Gasteiger partial charge in [0, 0.05) is 0 Å².